The van der Waals surface area contributed by atoms with Crippen LogP contribution in [0.2, 0.25) is 0 Å². The number of benzene rings is 2. The van der Waals surface area contributed by atoms with E-state index >= 15 is 0 Å². The second kappa shape index (κ2) is 14.8. The van der Waals surface area contributed by atoms with E-state index in [0.717, 1.165) is 12.1 Å². The number of carbonyl (C=O) groups excluding carboxylic acids is 1. The van der Waals surface area contributed by atoms with Crippen molar-refractivity contribution >= 4 is 23.9 Å². The van der Waals surface area contributed by atoms with Crippen molar-refractivity contribution in [2.24, 2.45) is 5.92 Å². The van der Waals surface area contributed by atoms with Gasteiger partial charge in [0.25, 0.3) is 0 Å². The summed E-state index contributed by atoms with van der Waals surface area (Å²) in [7, 11) is 4.10. The summed E-state index contributed by atoms with van der Waals surface area (Å²) < 4.78 is 6.17. The van der Waals surface area contributed by atoms with Crippen molar-refractivity contribution < 1.29 is 44.3 Å². The molecule has 0 aliphatic heterocycles. The first-order chi connectivity index (χ1) is 17.8. The minimum Gasteiger partial charge on any atom is -0.481 e. The third-order valence-corrected chi connectivity index (χ3v) is 5.88. The zero-order chi connectivity index (χ0) is 28.9. The zero-order valence-corrected chi connectivity index (χ0v) is 22.2. The van der Waals surface area contributed by atoms with E-state index in [1.807, 2.05) is 43.3 Å². The first-order valence-electron chi connectivity index (χ1n) is 12.1. The number of hydrogen-bond acceptors (Lipinski definition) is 7. The Morgan fingerprint density at radius 1 is 0.868 bits per heavy atom. The molecule has 0 bridgehead atoms. The lowest BCUT2D eigenvalue weighted by Crippen LogP contribution is -2.44. The number of aliphatic hydroxyl groups is 1. The predicted octanol–water partition coefficient (Wildman–Crippen LogP) is 3.03. The predicted molar refractivity (Wildman–Crippen MR) is 139 cm³/mol. The molecule has 4 N–H and O–H groups in total. The molecule has 0 saturated carbocycles. The van der Waals surface area contributed by atoms with Gasteiger partial charge in [-0.3, -0.25) is 14.4 Å². The van der Waals surface area contributed by atoms with Crippen LogP contribution in [0.4, 0.5) is 0 Å². The summed E-state index contributed by atoms with van der Waals surface area (Å²) in [5, 5.41) is 33.8. The van der Waals surface area contributed by atoms with Gasteiger partial charge in [0, 0.05) is 25.3 Å². The number of rotatable bonds is 13. The van der Waals surface area contributed by atoms with Crippen LogP contribution < -0.4 is 0 Å². The van der Waals surface area contributed by atoms with E-state index in [9.17, 15) is 19.2 Å². The van der Waals surface area contributed by atoms with Gasteiger partial charge < -0.3 is 30.1 Å². The molecule has 10 heteroatoms. The average molecular weight is 532 g/mol. The quantitative estimate of drug-likeness (QED) is 0.283. The Bertz CT molecular complexity index is 1040. The van der Waals surface area contributed by atoms with Gasteiger partial charge in [-0.05, 0) is 25.2 Å². The summed E-state index contributed by atoms with van der Waals surface area (Å²) in [6, 6.07) is 20.4. The lowest BCUT2D eigenvalue weighted by molar-refractivity contribution is -0.170. The lowest BCUT2D eigenvalue weighted by atomic mass is 9.77. The summed E-state index contributed by atoms with van der Waals surface area (Å²) in [6.07, 6.45) is -1.25. The number of carbonyl (C=O) groups is 4. The van der Waals surface area contributed by atoms with E-state index in [4.69, 9.17) is 25.2 Å². The number of carboxylic acid groups (broad SMARTS) is 3. The maximum atomic E-state index is 12.3. The lowest BCUT2D eigenvalue weighted by Gasteiger charge is -2.40. The highest BCUT2D eigenvalue weighted by atomic mass is 16.6. The molecule has 2 rings (SSSR count). The Morgan fingerprint density at radius 2 is 1.34 bits per heavy atom. The van der Waals surface area contributed by atoms with Crippen LogP contribution in [0.5, 0.6) is 0 Å². The third-order valence-electron chi connectivity index (χ3n) is 5.88. The van der Waals surface area contributed by atoms with Crippen LogP contribution in [0.1, 0.15) is 44.2 Å². The first-order valence-corrected chi connectivity index (χ1v) is 12.1. The normalized spacial score (nSPS) is 13.4. The Hall–Kier alpha value is -3.76. The maximum absolute atomic E-state index is 12.3. The topological polar surface area (TPSA) is 162 Å². The summed E-state index contributed by atoms with van der Waals surface area (Å²) in [4.78, 5) is 45.0. The molecule has 2 unspecified atom stereocenters. The van der Waals surface area contributed by atoms with Crippen molar-refractivity contribution in [3.8, 4) is 0 Å². The minimum absolute atomic E-state index is 0.139. The highest BCUT2D eigenvalue weighted by Gasteiger charge is 2.42. The number of esters is 1. The molecule has 0 aromatic heterocycles. The van der Waals surface area contributed by atoms with Crippen molar-refractivity contribution in [1.29, 1.82) is 0 Å². The molecule has 0 saturated heterocycles. The second-order valence-electron chi connectivity index (χ2n) is 9.39. The van der Waals surface area contributed by atoms with E-state index in [1.165, 1.54) is 5.56 Å². The highest BCUT2D eigenvalue weighted by molar-refractivity contribution is 5.88. The molecule has 0 amide bonds. The molecule has 0 fully saturated rings. The van der Waals surface area contributed by atoms with E-state index in [1.54, 1.807) is 0 Å². The van der Waals surface area contributed by atoms with Crippen molar-refractivity contribution in [2.75, 3.05) is 20.6 Å². The first kappa shape index (κ1) is 32.3. The van der Waals surface area contributed by atoms with Crippen LogP contribution in [0, 0.1) is 5.92 Å². The largest absolute Gasteiger partial charge is 0.481 e. The van der Waals surface area contributed by atoms with E-state index < -0.39 is 42.0 Å². The molecule has 208 valence electrons. The van der Waals surface area contributed by atoms with E-state index in [-0.39, 0.29) is 11.9 Å². The molecular weight excluding hydrogens is 494 g/mol. The molecule has 0 aliphatic rings. The summed E-state index contributed by atoms with van der Waals surface area (Å²) in [6.45, 7) is 4.84. The van der Waals surface area contributed by atoms with Gasteiger partial charge in [-0.2, -0.15) is 0 Å². The molecule has 0 spiro atoms. The number of hydrogen-bond donors (Lipinski definition) is 4. The molecule has 10 nitrogen and oxygen atoms in total. The van der Waals surface area contributed by atoms with Gasteiger partial charge in [0.1, 0.15) is 5.60 Å². The SMILES string of the molecule is CCC(=O)OC(Cc1ccccc1)(c1ccccc1)C(C)CN(C)C.O=C(O)CC(O)(CC(=O)O)C(=O)O. The zero-order valence-electron chi connectivity index (χ0n) is 22.2. The van der Waals surface area contributed by atoms with Crippen LogP contribution in [-0.2, 0) is 35.9 Å². The monoisotopic (exact) mass is 531 g/mol. The molecule has 0 aliphatic carbocycles. The van der Waals surface area contributed by atoms with E-state index in [0.29, 0.717) is 12.8 Å². The van der Waals surface area contributed by atoms with Crippen molar-refractivity contribution in [1.82, 2.24) is 4.90 Å². The molecule has 38 heavy (non-hydrogen) atoms. The van der Waals surface area contributed by atoms with Gasteiger partial charge in [-0.15, -0.1) is 0 Å². The number of aliphatic carboxylic acids is 3. The fraction of sp³-hybridized carbons (Fsp3) is 0.429. The fourth-order valence-electron chi connectivity index (χ4n) is 4.06. The Kier molecular flexibility index (Phi) is 12.6. The maximum Gasteiger partial charge on any atom is 0.336 e. The number of nitrogens with zero attached hydrogens (tertiary/aromatic N) is 1. The molecule has 2 atom stereocenters. The fourth-order valence-corrected chi connectivity index (χ4v) is 4.06. The number of carboxylic acids is 3. The summed E-state index contributed by atoms with van der Waals surface area (Å²) in [5.41, 5.74) is -1.20. The molecular formula is C28H37NO9. The summed E-state index contributed by atoms with van der Waals surface area (Å²) >= 11 is 0. The van der Waals surface area contributed by atoms with Crippen molar-refractivity contribution in [3.63, 3.8) is 0 Å². The minimum atomic E-state index is -2.74. The van der Waals surface area contributed by atoms with Gasteiger partial charge in [0.05, 0.1) is 12.8 Å². The molecule has 2 aromatic carbocycles. The summed E-state index contributed by atoms with van der Waals surface area (Å²) in [5.74, 6) is -5.04. The standard InChI is InChI=1S/C22H29NO2.C6H8O7/c1-5-21(24)25-22(18(2)17-23(3)4,20-14-10-7-11-15-20)16-19-12-8-6-9-13-19;7-3(8)1-6(13,5(11)12)2-4(9)10/h6-15,18H,5,16-17H2,1-4H3;13H,1-2H2,(H,7,8)(H,9,10)(H,11,12). The van der Waals surface area contributed by atoms with Gasteiger partial charge >= 0.3 is 23.9 Å². The third kappa shape index (κ3) is 9.95. The Morgan fingerprint density at radius 3 is 1.74 bits per heavy atom. The van der Waals surface area contributed by atoms with Crippen molar-refractivity contribution in [3.05, 3.63) is 71.8 Å². The van der Waals surface area contributed by atoms with Crippen molar-refractivity contribution in [2.45, 2.75) is 50.7 Å². The van der Waals surface area contributed by atoms with Crippen LogP contribution in [-0.4, -0.2) is 75.4 Å². The Balaban J connectivity index is 0.000000471. The van der Waals surface area contributed by atoms with Crippen LogP contribution >= 0.6 is 0 Å². The molecule has 2 aromatic rings. The van der Waals surface area contributed by atoms with Gasteiger partial charge in [-0.1, -0.05) is 74.5 Å². The van der Waals surface area contributed by atoms with Gasteiger partial charge in [0.15, 0.2) is 5.60 Å². The average Bonchev–Trinajstić information content (AvgIpc) is 2.83. The van der Waals surface area contributed by atoms with Crippen LogP contribution in [0.25, 0.3) is 0 Å². The smallest absolute Gasteiger partial charge is 0.336 e. The molecule has 0 heterocycles. The molecule has 0 radical (unpaired) electrons. The van der Waals surface area contributed by atoms with Crippen LogP contribution in [0.15, 0.2) is 60.7 Å². The second-order valence-corrected chi connectivity index (χ2v) is 9.39. The Labute approximate surface area is 222 Å². The van der Waals surface area contributed by atoms with Gasteiger partial charge in [0.2, 0.25) is 0 Å². The van der Waals surface area contributed by atoms with Gasteiger partial charge in [-0.25, -0.2) is 4.79 Å². The highest BCUT2D eigenvalue weighted by Crippen LogP contribution is 2.38. The van der Waals surface area contributed by atoms with E-state index in [2.05, 4.69) is 50.2 Å². The number of ether oxygens (including phenoxy) is 1. The van der Waals surface area contributed by atoms with Crippen LogP contribution in [0.3, 0.4) is 0 Å².